The van der Waals surface area contributed by atoms with Crippen LogP contribution in [-0.2, 0) is 13.1 Å². The molecular formula is C18H24N4O3. The lowest BCUT2D eigenvalue weighted by molar-refractivity contribution is 0.166. The zero-order valence-electron chi connectivity index (χ0n) is 14.8. The molecule has 2 aliphatic heterocycles. The van der Waals surface area contributed by atoms with Crippen LogP contribution in [-0.4, -0.2) is 59.3 Å². The first-order chi connectivity index (χ1) is 12.2. The van der Waals surface area contributed by atoms with Gasteiger partial charge < -0.3 is 14.0 Å². The Balaban J connectivity index is 1.36. The van der Waals surface area contributed by atoms with Gasteiger partial charge in [-0.1, -0.05) is 17.3 Å². The van der Waals surface area contributed by atoms with E-state index >= 15 is 0 Å². The molecular weight excluding hydrogens is 320 g/mol. The van der Waals surface area contributed by atoms with Crippen LogP contribution < -0.4 is 9.47 Å². The fourth-order valence-corrected chi connectivity index (χ4v) is 3.57. The highest BCUT2D eigenvalue weighted by Gasteiger charge is 2.27. The van der Waals surface area contributed by atoms with Crippen molar-refractivity contribution in [3.05, 3.63) is 35.5 Å². The summed E-state index contributed by atoms with van der Waals surface area (Å²) < 4.78 is 16.6. The third-order valence-electron chi connectivity index (χ3n) is 4.87. The highest BCUT2D eigenvalue weighted by Crippen LogP contribution is 2.34. The van der Waals surface area contributed by atoms with E-state index in [0.29, 0.717) is 31.7 Å². The average molecular weight is 344 g/mol. The number of aryl methyl sites for hydroxylation is 1. The summed E-state index contributed by atoms with van der Waals surface area (Å²) in [4.78, 5) is 9.07. The number of hydrogen-bond acceptors (Lipinski definition) is 7. The van der Waals surface area contributed by atoms with Crippen LogP contribution in [0.25, 0.3) is 0 Å². The van der Waals surface area contributed by atoms with Crippen LogP contribution in [0.15, 0.2) is 22.7 Å². The molecule has 0 spiro atoms. The van der Waals surface area contributed by atoms with Gasteiger partial charge in [0, 0.05) is 38.2 Å². The zero-order valence-corrected chi connectivity index (χ0v) is 14.8. The van der Waals surface area contributed by atoms with E-state index in [-0.39, 0.29) is 0 Å². The number of likely N-dealkylation sites (tertiary alicyclic amines) is 1. The molecule has 1 saturated heterocycles. The second-order valence-corrected chi connectivity index (χ2v) is 6.76. The van der Waals surface area contributed by atoms with Gasteiger partial charge in [-0.2, -0.15) is 4.98 Å². The predicted molar refractivity (Wildman–Crippen MR) is 91.6 cm³/mol. The molecule has 25 heavy (non-hydrogen) atoms. The number of nitrogens with zero attached hydrogens (tertiary/aromatic N) is 4. The van der Waals surface area contributed by atoms with E-state index < -0.39 is 0 Å². The van der Waals surface area contributed by atoms with Crippen LogP contribution in [0.3, 0.4) is 0 Å². The van der Waals surface area contributed by atoms with Crippen molar-refractivity contribution in [2.24, 2.45) is 0 Å². The highest BCUT2D eigenvalue weighted by molar-refractivity contribution is 5.47. The van der Waals surface area contributed by atoms with Crippen molar-refractivity contribution in [2.75, 3.05) is 33.4 Å². The molecule has 1 aromatic carbocycles. The number of hydrogen-bond donors (Lipinski definition) is 0. The van der Waals surface area contributed by atoms with Gasteiger partial charge >= 0.3 is 0 Å². The Morgan fingerprint density at radius 2 is 2.16 bits per heavy atom. The van der Waals surface area contributed by atoms with E-state index in [4.69, 9.17) is 14.0 Å². The minimum absolute atomic E-state index is 0.496. The molecule has 1 atom stereocenters. The first kappa shape index (κ1) is 16.4. The summed E-state index contributed by atoms with van der Waals surface area (Å²) in [5.74, 6) is 3.14. The Morgan fingerprint density at radius 3 is 3.00 bits per heavy atom. The summed E-state index contributed by atoms with van der Waals surface area (Å²) in [5.41, 5.74) is 1.20. The topological polar surface area (TPSA) is 63.9 Å². The lowest BCUT2D eigenvalue weighted by Crippen LogP contribution is -2.34. The summed E-state index contributed by atoms with van der Waals surface area (Å²) in [6.45, 7) is 6.77. The first-order valence-electron chi connectivity index (χ1n) is 8.78. The highest BCUT2D eigenvalue weighted by atomic mass is 16.6. The number of likely N-dealkylation sites (N-methyl/N-ethyl adjacent to an activating group) is 1. The predicted octanol–water partition coefficient (Wildman–Crippen LogP) is 1.86. The van der Waals surface area contributed by atoms with E-state index in [1.165, 1.54) is 5.56 Å². The molecule has 134 valence electrons. The number of rotatable bonds is 5. The number of benzene rings is 1. The minimum Gasteiger partial charge on any atom is -0.486 e. The SMILES string of the molecule is Cc1nc(CN(C)[C@H]2CCN(Cc3cccc4c3OCCO4)C2)no1. The molecule has 4 rings (SSSR count). The van der Waals surface area contributed by atoms with E-state index in [2.05, 4.69) is 33.1 Å². The normalized spacial score (nSPS) is 20.4. The van der Waals surface area contributed by atoms with Crippen molar-refractivity contribution in [3.63, 3.8) is 0 Å². The average Bonchev–Trinajstić information content (AvgIpc) is 3.24. The molecule has 2 aliphatic rings. The monoisotopic (exact) mass is 344 g/mol. The maximum Gasteiger partial charge on any atom is 0.223 e. The first-order valence-corrected chi connectivity index (χ1v) is 8.78. The van der Waals surface area contributed by atoms with Gasteiger partial charge in [0.25, 0.3) is 0 Å². The summed E-state index contributed by atoms with van der Waals surface area (Å²) in [5, 5.41) is 3.99. The molecule has 0 aliphatic carbocycles. The van der Waals surface area contributed by atoms with E-state index in [9.17, 15) is 0 Å². The van der Waals surface area contributed by atoms with Crippen molar-refractivity contribution in [2.45, 2.75) is 32.5 Å². The number of para-hydroxylation sites is 1. The van der Waals surface area contributed by atoms with Gasteiger partial charge in [0.05, 0.1) is 6.54 Å². The molecule has 0 N–H and O–H groups in total. The molecule has 7 heteroatoms. The zero-order chi connectivity index (χ0) is 17.2. The summed E-state index contributed by atoms with van der Waals surface area (Å²) in [6.07, 6.45) is 1.14. The number of aromatic nitrogens is 2. The molecule has 2 aromatic rings. The number of fused-ring (bicyclic) bond motifs is 1. The van der Waals surface area contributed by atoms with Crippen molar-refractivity contribution in [3.8, 4) is 11.5 Å². The minimum atomic E-state index is 0.496. The van der Waals surface area contributed by atoms with Gasteiger partial charge in [-0.05, 0) is 19.5 Å². The lowest BCUT2D eigenvalue weighted by Gasteiger charge is -2.25. The second kappa shape index (κ2) is 7.01. The van der Waals surface area contributed by atoms with E-state index in [1.807, 2.05) is 19.1 Å². The van der Waals surface area contributed by atoms with Crippen LogP contribution in [0, 0.1) is 6.92 Å². The van der Waals surface area contributed by atoms with Crippen LogP contribution in [0.5, 0.6) is 11.5 Å². The molecule has 1 aromatic heterocycles. The van der Waals surface area contributed by atoms with Gasteiger partial charge in [-0.3, -0.25) is 9.80 Å². The molecule has 0 saturated carbocycles. The molecule has 0 radical (unpaired) electrons. The summed E-state index contributed by atoms with van der Waals surface area (Å²) in [6, 6.07) is 6.65. The van der Waals surface area contributed by atoms with Gasteiger partial charge in [0.1, 0.15) is 13.2 Å². The van der Waals surface area contributed by atoms with Gasteiger partial charge in [-0.25, -0.2) is 0 Å². The Labute approximate surface area is 147 Å². The fraction of sp³-hybridized carbons (Fsp3) is 0.556. The Kier molecular flexibility index (Phi) is 4.59. The van der Waals surface area contributed by atoms with Crippen molar-refractivity contribution in [1.82, 2.24) is 19.9 Å². The van der Waals surface area contributed by atoms with Gasteiger partial charge in [-0.15, -0.1) is 0 Å². The van der Waals surface area contributed by atoms with Crippen LogP contribution >= 0.6 is 0 Å². The fourth-order valence-electron chi connectivity index (χ4n) is 3.57. The Bertz CT molecular complexity index is 733. The molecule has 0 bridgehead atoms. The standard InChI is InChI=1S/C18H24N4O3/c1-13-19-17(20-25-13)12-21(2)15-6-7-22(11-15)10-14-4-3-5-16-18(14)24-9-8-23-16/h3-5,15H,6-12H2,1-2H3/t15-/m0/s1. The molecule has 3 heterocycles. The van der Waals surface area contributed by atoms with Crippen molar-refractivity contribution in [1.29, 1.82) is 0 Å². The molecule has 7 nitrogen and oxygen atoms in total. The van der Waals surface area contributed by atoms with E-state index in [0.717, 1.165) is 43.4 Å². The second-order valence-electron chi connectivity index (χ2n) is 6.76. The van der Waals surface area contributed by atoms with Crippen molar-refractivity contribution >= 4 is 0 Å². The Morgan fingerprint density at radius 1 is 1.28 bits per heavy atom. The van der Waals surface area contributed by atoms with Crippen LogP contribution in [0.2, 0.25) is 0 Å². The van der Waals surface area contributed by atoms with Gasteiger partial charge in [0.15, 0.2) is 17.3 Å². The largest absolute Gasteiger partial charge is 0.486 e. The molecule has 0 unspecified atom stereocenters. The maximum atomic E-state index is 5.83. The van der Waals surface area contributed by atoms with Gasteiger partial charge in [0.2, 0.25) is 5.89 Å². The lowest BCUT2D eigenvalue weighted by atomic mass is 10.1. The molecule has 0 amide bonds. The van der Waals surface area contributed by atoms with E-state index in [1.54, 1.807) is 0 Å². The summed E-state index contributed by atoms with van der Waals surface area (Å²) >= 11 is 0. The van der Waals surface area contributed by atoms with Crippen LogP contribution in [0.1, 0.15) is 23.7 Å². The Hall–Kier alpha value is -2.12. The third kappa shape index (κ3) is 3.62. The molecule has 1 fully saturated rings. The van der Waals surface area contributed by atoms with Crippen molar-refractivity contribution < 1.29 is 14.0 Å². The third-order valence-corrected chi connectivity index (χ3v) is 4.87. The maximum absolute atomic E-state index is 5.83. The number of ether oxygens (including phenoxy) is 2. The van der Waals surface area contributed by atoms with Crippen LogP contribution in [0.4, 0.5) is 0 Å². The quantitative estimate of drug-likeness (QED) is 0.820. The smallest absolute Gasteiger partial charge is 0.223 e. The summed E-state index contributed by atoms with van der Waals surface area (Å²) in [7, 11) is 2.13.